The number of nitrogens with zero attached hydrogens (tertiary/aromatic N) is 1. The van der Waals surface area contributed by atoms with Crippen molar-refractivity contribution in [2.75, 3.05) is 20.1 Å². The fraction of sp³-hybridized carbons (Fsp3) is 0.571. The normalized spacial score (nSPS) is 14.6. The van der Waals surface area contributed by atoms with Gasteiger partial charge in [0.25, 0.3) is 0 Å². The van der Waals surface area contributed by atoms with Crippen LogP contribution in [0.15, 0.2) is 17.5 Å². The van der Waals surface area contributed by atoms with E-state index >= 15 is 0 Å². The standard InChI is InChI=1S/C14H20N2O2S/c1-16(10-14(18)15-11-6-7-11)8-2-4-12(17)13-5-3-9-19-13/h3,5,9,11H,2,4,6-8,10H2,1H3,(H,15,18). The van der Waals surface area contributed by atoms with Crippen molar-refractivity contribution in [2.24, 2.45) is 0 Å². The summed E-state index contributed by atoms with van der Waals surface area (Å²) < 4.78 is 0. The second-order valence-electron chi connectivity index (χ2n) is 5.08. The molecule has 0 aromatic carbocycles. The Morgan fingerprint density at radius 1 is 1.47 bits per heavy atom. The van der Waals surface area contributed by atoms with Gasteiger partial charge in [0, 0.05) is 12.5 Å². The number of ketones is 1. The van der Waals surface area contributed by atoms with Crippen LogP contribution in [0, 0.1) is 0 Å². The van der Waals surface area contributed by atoms with Crippen LogP contribution in [-0.2, 0) is 4.79 Å². The first kappa shape index (κ1) is 14.2. The first-order valence-corrected chi connectivity index (χ1v) is 7.58. The average molecular weight is 280 g/mol. The summed E-state index contributed by atoms with van der Waals surface area (Å²) in [7, 11) is 1.92. The molecule has 1 N–H and O–H groups in total. The Bertz CT molecular complexity index is 427. The minimum absolute atomic E-state index is 0.0922. The van der Waals surface area contributed by atoms with Crippen LogP contribution in [0.2, 0.25) is 0 Å². The smallest absolute Gasteiger partial charge is 0.234 e. The van der Waals surface area contributed by atoms with E-state index < -0.39 is 0 Å². The van der Waals surface area contributed by atoms with Crippen LogP contribution in [-0.4, -0.2) is 42.8 Å². The van der Waals surface area contributed by atoms with E-state index in [0.29, 0.717) is 19.0 Å². The lowest BCUT2D eigenvalue weighted by Gasteiger charge is -2.15. The molecule has 5 heteroatoms. The quantitative estimate of drug-likeness (QED) is 0.740. The molecule has 0 radical (unpaired) electrons. The molecule has 1 aliphatic rings. The van der Waals surface area contributed by atoms with Crippen molar-refractivity contribution in [1.29, 1.82) is 0 Å². The van der Waals surface area contributed by atoms with Gasteiger partial charge in [-0.3, -0.25) is 14.5 Å². The maximum atomic E-state index is 11.8. The third kappa shape index (κ3) is 5.12. The molecule has 2 rings (SSSR count). The van der Waals surface area contributed by atoms with Gasteiger partial charge in [-0.1, -0.05) is 6.07 Å². The summed E-state index contributed by atoms with van der Waals surface area (Å²) in [4.78, 5) is 26.1. The lowest BCUT2D eigenvalue weighted by atomic mass is 10.2. The van der Waals surface area contributed by atoms with Crippen LogP contribution in [0.5, 0.6) is 0 Å². The van der Waals surface area contributed by atoms with Crippen LogP contribution < -0.4 is 5.32 Å². The number of carbonyl (C=O) groups excluding carboxylic acids is 2. The van der Waals surface area contributed by atoms with Crippen LogP contribution in [0.1, 0.15) is 35.4 Å². The molecule has 0 unspecified atom stereocenters. The number of nitrogens with one attached hydrogen (secondary N) is 1. The van der Waals surface area contributed by atoms with Gasteiger partial charge >= 0.3 is 0 Å². The Balaban J connectivity index is 1.59. The predicted molar refractivity (Wildman–Crippen MR) is 76.5 cm³/mol. The zero-order valence-electron chi connectivity index (χ0n) is 11.2. The Hall–Kier alpha value is -1.20. The molecule has 1 fully saturated rings. The van der Waals surface area contributed by atoms with Crippen molar-refractivity contribution in [2.45, 2.75) is 31.7 Å². The first-order chi connectivity index (χ1) is 9.15. The molecule has 0 bridgehead atoms. The highest BCUT2D eigenvalue weighted by atomic mass is 32.1. The van der Waals surface area contributed by atoms with Gasteiger partial charge in [-0.25, -0.2) is 0 Å². The Morgan fingerprint density at radius 2 is 2.26 bits per heavy atom. The maximum Gasteiger partial charge on any atom is 0.234 e. The van der Waals surface area contributed by atoms with Gasteiger partial charge in [-0.05, 0) is 44.3 Å². The number of thiophene rings is 1. The summed E-state index contributed by atoms with van der Waals surface area (Å²) in [5, 5.41) is 4.88. The fourth-order valence-corrected chi connectivity index (χ4v) is 2.59. The summed E-state index contributed by atoms with van der Waals surface area (Å²) >= 11 is 1.49. The van der Waals surface area contributed by atoms with Gasteiger partial charge in [-0.2, -0.15) is 0 Å². The second-order valence-corrected chi connectivity index (χ2v) is 6.03. The van der Waals surface area contributed by atoms with E-state index in [1.165, 1.54) is 11.3 Å². The number of Topliss-reactive ketones (excluding diaryl/α,β-unsaturated/α-hetero) is 1. The van der Waals surface area contributed by atoms with Gasteiger partial charge in [-0.15, -0.1) is 11.3 Å². The summed E-state index contributed by atoms with van der Waals surface area (Å²) in [6.07, 6.45) is 3.58. The van der Waals surface area contributed by atoms with Gasteiger partial charge < -0.3 is 5.32 Å². The highest BCUT2D eigenvalue weighted by Crippen LogP contribution is 2.18. The van der Waals surface area contributed by atoms with E-state index in [1.54, 1.807) is 0 Å². The van der Waals surface area contributed by atoms with E-state index in [1.807, 2.05) is 29.5 Å². The van der Waals surface area contributed by atoms with E-state index in [0.717, 1.165) is 30.7 Å². The molecule has 1 aromatic rings. The van der Waals surface area contributed by atoms with Crippen molar-refractivity contribution >= 4 is 23.0 Å². The lowest BCUT2D eigenvalue weighted by Crippen LogP contribution is -2.36. The summed E-state index contributed by atoms with van der Waals surface area (Å²) in [5.41, 5.74) is 0. The van der Waals surface area contributed by atoms with Crippen molar-refractivity contribution in [3.8, 4) is 0 Å². The highest BCUT2D eigenvalue weighted by molar-refractivity contribution is 7.12. The lowest BCUT2D eigenvalue weighted by molar-refractivity contribution is -0.122. The molecule has 19 heavy (non-hydrogen) atoms. The first-order valence-electron chi connectivity index (χ1n) is 6.70. The third-order valence-corrected chi connectivity index (χ3v) is 4.01. The van der Waals surface area contributed by atoms with Crippen molar-refractivity contribution in [1.82, 2.24) is 10.2 Å². The van der Waals surface area contributed by atoms with Gasteiger partial charge in [0.1, 0.15) is 0 Å². The highest BCUT2D eigenvalue weighted by Gasteiger charge is 2.23. The van der Waals surface area contributed by atoms with E-state index in [4.69, 9.17) is 0 Å². The van der Waals surface area contributed by atoms with Gasteiger partial charge in [0.05, 0.1) is 11.4 Å². The molecule has 1 saturated carbocycles. The molecule has 0 saturated heterocycles. The van der Waals surface area contributed by atoms with Crippen molar-refractivity contribution < 1.29 is 9.59 Å². The molecule has 0 aliphatic heterocycles. The summed E-state index contributed by atoms with van der Waals surface area (Å²) in [5.74, 6) is 0.292. The molecule has 1 aliphatic carbocycles. The number of carbonyl (C=O) groups is 2. The van der Waals surface area contributed by atoms with Gasteiger partial charge in [0.15, 0.2) is 5.78 Å². The van der Waals surface area contributed by atoms with Gasteiger partial charge in [0.2, 0.25) is 5.91 Å². The number of likely N-dealkylation sites (N-methyl/N-ethyl adjacent to an activating group) is 1. The molecule has 104 valence electrons. The fourth-order valence-electron chi connectivity index (χ4n) is 1.90. The van der Waals surface area contributed by atoms with Crippen LogP contribution >= 0.6 is 11.3 Å². The molecule has 4 nitrogen and oxygen atoms in total. The monoisotopic (exact) mass is 280 g/mol. The SMILES string of the molecule is CN(CCCC(=O)c1cccs1)CC(=O)NC1CC1. The number of hydrogen-bond acceptors (Lipinski definition) is 4. The zero-order valence-corrected chi connectivity index (χ0v) is 12.0. The van der Waals surface area contributed by atoms with E-state index in [9.17, 15) is 9.59 Å². The molecule has 0 spiro atoms. The van der Waals surface area contributed by atoms with Crippen molar-refractivity contribution in [3.63, 3.8) is 0 Å². The molecule has 1 amide bonds. The zero-order chi connectivity index (χ0) is 13.7. The molecule has 1 aromatic heterocycles. The minimum atomic E-state index is 0.0922. The molecule has 0 atom stereocenters. The van der Waals surface area contributed by atoms with Crippen LogP contribution in [0.25, 0.3) is 0 Å². The Kier molecular flexibility index (Phi) is 5.10. The largest absolute Gasteiger partial charge is 0.352 e. The van der Waals surface area contributed by atoms with Crippen LogP contribution in [0.4, 0.5) is 0 Å². The third-order valence-electron chi connectivity index (χ3n) is 3.10. The average Bonchev–Trinajstić information content (AvgIpc) is 2.99. The maximum absolute atomic E-state index is 11.8. The number of amides is 1. The predicted octanol–water partition coefficient (Wildman–Crippen LogP) is 1.92. The minimum Gasteiger partial charge on any atom is -0.352 e. The number of rotatable bonds is 8. The Morgan fingerprint density at radius 3 is 2.89 bits per heavy atom. The molecular weight excluding hydrogens is 260 g/mol. The molecule has 1 heterocycles. The van der Waals surface area contributed by atoms with Crippen molar-refractivity contribution in [3.05, 3.63) is 22.4 Å². The van der Waals surface area contributed by atoms with E-state index in [2.05, 4.69) is 5.32 Å². The summed E-state index contributed by atoms with van der Waals surface area (Å²) in [6.45, 7) is 1.19. The topological polar surface area (TPSA) is 49.4 Å². The molecular formula is C14H20N2O2S. The Labute approximate surface area is 117 Å². The summed E-state index contributed by atoms with van der Waals surface area (Å²) in [6, 6.07) is 4.17. The second kappa shape index (κ2) is 6.82. The number of hydrogen-bond donors (Lipinski definition) is 1. The van der Waals surface area contributed by atoms with Crippen LogP contribution in [0.3, 0.4) is 0 Å². The van der Waals surface area contributed by atoms with E-state index in [-0.39, 0.29) is 11.7 Å².